The summed E-state index contributed by atoms with van der Waals surface area (Å²) < 4.78 is 32.6. The smallest absolute Gasteiger partial charge is 0.264 e. The number of carbonyl (C=O) groups is 1. The lowest BCUT2D eigenvalue weighted by molar-refractivity contribution is -0.120. The lowest BCUT2D eigenvalue weighted by Crippen LogP contribution is -2.44. The number of hydrogen-bond donors (Lipinski definition) is 1. The van der Waals surface area contributed by atoms with Gasteiger partial charge in [0.15, 0.2) is 0 Å². The van der Waals surface area contributed by atoms with Crippen LogP contribution < -0.4 is 9.62 Å². The fourth-order valence-electron chi connectivity index (χ4n) is 2.80. The van der Waals surface area contributed by atoms with Crippen LogP contribution in [-0.4, -0.2) is 40.6 Å². The van der Waals surface area contributed by atoms with Crippen molar-refractivity contribution in [2.24, 2.45) is 0 Å². The largest absolute Gasteiger partial charge is 0.383 e. The topological polar surface area (TPSA) is 75.7 Å². The van der Waals surface area contributed by atoms with Gasteiger partial charge in [-0.25, -0.2) is 8.42 Å². The highest BCUT2D eigenvalue weighted by Gasteiger charge is 2.27. The minimum atomic E-state index is -3.89. The molecule has 0 fully saturated rings. The van der Waals surface area contributed by atoms with Crippen molar-refractivity contribution in [3.05, 3.63) is 60.2 Å². The summed E-state index contributed by atoms with van der Waals surface area (Å²) >= 11 is 0. The van der Waals surface area contributed by atoms with Crippen LogP contribution in [0, 0.1) is 0 Å². The molecule has 0 unspecified atom stereocenters. The molecule has 2 rings (SSSR count). The van der Waals surface area contributed by atoms with Gasteiger partial charge in [-0.3, -0.25) is 9.10 Å². The predicted molar refractivity (Wildman–Crippen MR) is 111 cm³/mol. The number of sulfonamides is 1. The molecule has 0 bridgehead atoms. The SMILES string of the molecule is COC[C@@H](C)NC(=O)CN(c1ccc(C(C)C)cc1)S(=O)(=O)c1ccccc1. The standard InChI is InChI=1S/C21H28N2O4S/c1-16(2)18-10-12-19(13-11-18)23(14-21(24)22-17(3)15-27-4)28(25,26)20-8-6-5-7-9-20/h5-13,16-17H,14-15H2,1-4H3,(H,22,24)/t17-/m1/s1. The molecule has 2 aromatic rings. The second kappa shape index (κ2) is 9.71. The summed E-state index contributed by atoms with van der Waals surface area (Å²) in [6, 6.07) is 15.1. The summed E-state index contributed by atoms with van der Waals surface area (Å²) in [6.45, 7) is 5.97. The van der Waals surface area contributed by atoms with Crippen molar-refractivity contribution in [2.45, 2.75) is 37.6 Å². The Morgan fingerprint density at radius 3 is 2.18 bits per heavy atom. The normalized spacial score (nSPS) is 12.6. The van der Waals surface area contributed by atoms with E-state index >= 15 is 0 Å². The van der Waals surface area contributed by atoms with Crippen molar-refractivity contribution >= 4 is 21.6 Å². The first-order valence-electron chi connectivity index (χ1n) is 9.21. The molecule has 0 saturated carbocycles. The summed E-state index contributed by atoms with van der Waals surface area (Å²) in [4.78, 5) is 12.6. The van der Waals surface area contributed by atoms with E-state index in [1.54, 1.807) is 44.4 Å². The van der Waals surface area contributed by atoms with Crippen LogP contribution in [0.3, 0.4) is 0 Å². The molecule has 0 spiro atoms. The Kier molecular flexibility index (Phi) is 7.60. The molecule has 1 amide bonds. The molecule has 0 heterocycles. The molecule has 0 aliphatic rings. The predicted octanol–water partition coefficient (Wildman–Crippen LogP) is 3.16. The van der Waals surface area contributed by atoms with E-state index in [1.807, 2.05) is 12.1 Å². The van der Waals surface area contributed by atoms with Gasteiger partial charge >= 0.3 is 0 Å². The van der Waals surface area contributed by atoms with Crippen molar-refractivity contribution in [1.29, 1.82) is 0 Å². The highest BCUT2D eigenvalue weighted by Crippen LogP contribution is 2.25. The third-order valence-electron chi connectivity index (χ3n) is 4.29. The molecular weight excluding hydrogens is 376 g/mol. The van der Waals surface area contributed by atoms with Crippen molar-refractivity contribution in [1.82, 2.24) is 5.32 Å². The van der Waals surface area contributed by atoms with Crippen LogP contribution in [0.4, 0.5) is 5.69 Å². The maximum Gasteiger partial charge on any atom is 0.264 e. The molecule has 0 radical (unpaired) electrons. The Morgan fingerprint density at radius 1 is 1.04 bits per heavy atom. The number of carbonyl (C=O) groups excluding carboxylic acids is 1. The van der Waals surface area contributed by atoms with Gasteiger partial charge in [-0.1, -0.05) is 44.2 Å². The summed E-state index contributed by atoms with van der Waals surface area (Å²) in [5, 5.41) is 2.76. The molecule has 1 atom stereocenters. The number of ether oxygens (including phenoxy) is 1. The summed E-state index contributed by atoms with van der Waals surface area (Å²) in [7, 11) is -2.34. The fraction of sp³-hybridized carbons (Fsp3) is 0.381. The van der Waals surface area contributed by atoms with Crippen molar-refractivity contribution in [2.75, 3.05) is 24.6 Å². The molecule has 0 saturated heterocycles. The Bertz CT molecular complexity index is 865. The van der Waals surface area contributed by atoms with E-state index in [9.17, 15) is 13.2 Å². The van der Waals surface area contributed by atoms with Crippen LogP contribution in [0.1, 0.15) is 32.3 Å². The minimum absolute atomic E-state index is 0.140. The van der Waals surface area contributed by atoms with Gasteiger partial charge in [-0.2, -0.15) is 0 Å². The zero-order chi connectivity index (χ0) is 20.7. The molecule has 2 aromatic carbocycles. The van der Waals surface area contributed by atoms with Gasteiger partial charge < -0.3 is 10.1 Å². The molecule has 6 nitrogen and oxygen atoms in total. The fourth-order valence-corrected chi connectivity index (χ4v) is 4.24. The van der Waals surface area contributed by atoms with Crippen LogP contribution in [0.15, 0.2) is 59.5 Å². The first-order valence-corrected chi connectivity index (χ1v) is 10.7. The number of rotatable bonds is 9. The first-order chi connectivity index (χ1) is 13.3. The van der Waals surface area contributed by atoms with E-state index in [0.717, 1.165) is 9.87 Å². The number of amides is 1. The van der Waals surface area contributed by atoms with E-state index < -0.39 is 15.9 Å². The lowest BCUT2D eigenvalue weighted by Gasteiger charge is -2.25. The van der Waals surface area contributed by atoms with Gasteiger partial charge in [0.25, 0.3) is 10.0 Å². The first kappa shape index (κ1) is 21.9. The van der Waals surface area contributed by atoms with E-state index in [0.29, 0.717) is 18.2 Å². The molecule has 0 aliphatic heterocycles. The minimum Gasteiger partial charge on any atom is -0.383 e. The van der Waals surface area contributed by atoms with E-state index in [1.165, 1.54) is 12.1 Å². The third kappa shape index (κ3) is 5.56. The van der Waals surface area contributed by atoms with Crippen LogP contribution in [-0.2, 0) is 19.6 Å². The second-order valence-corrected chi connectivity index (χ2v) is 8.86. The maximum atomic E-state index is 13.2. The molecule has 28 heavy (non-hydrogen) atoms. The zero-order valence-corrected chi connectivity index (χ0v) is 17.6. The molecule has 152 valence electrons. The lowest BCUT2D eigenvalue weighted by atomic mass is 10.0. The molecule has 0 aromatic heterocycles. The average molecular weight is 405 g/mol. The number of hydrogen-bond acceptors (Lipinski definition) is 4. The monoisotopic (exact) mass is 404 g/mol. The molecule has 7 heteroatoms. The summed E-state index contributed by atoms with van der Waals surface area (Å²) in [5.41, 5.74) is 1.54. The average Bonchev–Trinajstić information content (AvgIpc) is 2.67. The van der Waals surface area contributed by atoms with Crippen LogP contribution in [0.2, 0.25) is 0 Å². The van der Waals surface area contributed by atoms with Crippen molar-refractivity contribution < 1.29 is 17.9 Å². The van der Waals surface area contributed by atoms with E-state index in [4.69, 9.17) is 4.74 Å². The van der Waals surface area contributed by atoms with Gasteiger partial charge in [0.2, 0.25) is 5.91 Å². The Morgan fingerprint density at radius 2 is 1.64 bits per heavy atom. The summed E-state index contributed by atoms with van der Waals surface area (Å²) in [6.07, 6.45) is 0. The Labute approximate surface area is 167 Å². The highest BCUT2D eigenvalue weighted by atomic mass is 32.2. The van der Waals surface area contributed by atoms with Crippen molar-refractivity contribution in [3.63, 3.8) is 0 Å². The quantitative estimate of drug-likeness (QED) is 0.697. The highest BCUT2D eigenvalue weighted by molar-refractivity contribution is 7.92. The summed E-state index contributed by atoms with van der Waals surface area (Å²) in [5.74, 6) is -0.0663. The van der Waals surface area contributed by atoms with Crippen LogP contribution in [0.25, 0.3) is 0 Å². The number of methoxy groups -OCH3 is 1. The van der Waals surface area contributed by atoms with Crippen molar-refractivity contribution in [3.8, 4) is 0 Å². The number of nitrogens with zero attached hydrogens (tertiary/aromatic N) is 1. The molecule has 1 N–H and O–H groups in total. The number of anilines is 1. The van der Waals surface area contributed by atoms with Gasteiger partial charge in [0, 0.05) is 13.2 Å². The number of nitrogens with one attached hydrogen (secondary N) is 1. The molecule has 0 aliphatic carbocycles. The maximum absolute atomic E-state index is 13.2. The Hall–Kier alpha value is -2.38. The number of benzene rings is 2. The zero-order valence-electron chi connectivity index (χ0n) is 16.8. The second-order valence-electron chi connectivity index (χ2n) is 6.99. The van der Waals surface area contributed by atoms with Gasteiger partial charge in [-0.05, 0) is 42.7 Å². The Balaban J connectivity index is 2.36. The van der Waals surface area contributed by atoms with Crippen LogP contribution >= 0.6 is 0 Å². The molecular formula is C21H28N2O4S. The third-order valence-corrected chi connectivity index (χ3v) is 6.08. The van der Waals surface area contributed by atoms with Gasteiger partial charge in [0.1, 0.15) is 6.54 Å². The van der Waals surface area contributed by atoms with E-state index in [2.05, 4.69) is 19.2 Å². The van der Waals surface area contributed by atoms with Crippen LogP contribution in [0.5, 0.6) is 0 Å². The van der Waals surface area contributed by atoms with E-state index in [-0.39, 0.29) is 17.5 Å². The van der Waals surface area contributed by atoms with Gasteiger partial charge in [-0.15, -0.1) is 0 Å². The van der Waals surface area contributed by atoms with Gasteiger partial charge in [0.05, 0.1) is 17.2 Å².